The number of carbonyl (C=O) groups excluding carboxylic acids is 3. The van der Waals surface area contributed by atoms with Crippen molar-refractivity contribution in [3.8, 4) is 0 Å². The minimum Gasteiger partial charge on any atom is -0.322 e. The van der Waals surface area contributed by atoms with Crippen LogP contribution in [0.25, 0.3) is 0 Å². The van der Waals surface area contributed by atoms with Crippen molar-refractivity contribution in [3.05, 3.63) is 58.7 Å². The molecule has 1 fully saturated rings. The Hall–Kier alpha value is -2.60. The maximum absolute atomic E-state index is 12.9. The first kappa shape index (κ1) is 17.8. The molecule has 6 heteroatoms. The molecule has 2 heterocycles. The highest BCUT2D eigenvalue weighted by atomic mass is 32.2. The van der Waals surface area contributed by atoms with Gasteiger partial charge in [0.25, 0.3) is 5.91 Å². The van der Waals surface area contributed by atoms with Gasteiger partial charge in [0.05, 0.1) is 0 Å². The summed E-state index contributed by atoms with van der Waals surface area (Å²) in [5.41, 5.74) is 3.99. The molecule has 1 N–H and O–H groups in total. The van der Waals surface area contributed by atoms with E-state index in [9.17, 15) is 14.4 Å². The third-order valence-corrected chi connectivity index (χ3v) is 6.36. The van der Waals surface area contributed by atoms with Crippen molar-refractivity contribution in [3.63, 3.8) is 0 Å². The largest absolute Gasteiger partial charge is 0.322 e. The van der Waals surface area contributed by atoms with E-state index in [0.29, 0.717) is 18.5 Å². The molecule has 1 unspecified atom stereocenters. The molecule has 0 aromatic heterocycles. The number of nitrogens with zero attached hydrogens (tertiary/aromatic N) is 1. The van der Waals surface area contributed by atoms with Crippen molar-refractivity contribution < 1.29 is 14.4 Å². The van der Waals surface area contributed by atoms with Gasteiger partial charge < -0.3 is 4.90 Å². The van der Waals surface area contributed by atoms with Crippen molar-refractivity contribution in [2.75, 3.05) is 0 Å². The number of imide groups is 1. The van der Waals surface area contributed by atoms with Crippen LogP contribution in [-0.2, 0) is 16.1 Å². The van der Waals surface area contributed by atoms with Gasteiger partial charge in [-0.3, -0.25) is 19.7 Å². The monoisotopic (exact) mass is 380 g/mol. The van der Waals surface area contributed by atoms with E-state index in [1.807, 2.05) is 18.2 Å². The summed E-state index contributed by atoms with van der Waals surface area (Å²) in [4.78, 5) is 40.3. The van der Waals surface area contributed by atoms with Crippen LogP contribution in [0.5, 0.6) is 0 Å². The zero-order valence-electron chi connectivity index (χ0n) is 15.2. The number of hydrogen-bond donors (Lipinski definition) is 1. The van der Waals surface area contributed by atoms with Crippen LogP contribution >= 0.6 is 11.8 Å². The first-order valence-corrected chi connectivity index (χ1v) is 9.77. The summed E-state index contributed by atoms with van der Waals surface area (Å²) in [6.45, 7) is 4.54. The van der Waals surface area contributed by atoms with Crippen molar-refractivity contribution in [1.29, 1.82) is 0 Å². The normalized spacial score (nSPS) is 19.3. The van der Waals surface area contributed by atoms with E-state index < -0.39 is 6.04 Å². The summed E-state index contributed by atoms with van der Waals surface area (Å²) in [7, 11) is 0. The van der Waals surface area contributed by atoms with Gasteiger partial charge in [0.15, 0.2) is 0 Å². The number of carbonyl (C=O) groups is 3. The van der Waals surface area contributed by atoms with Gasteiger partial charge in [0.2, 0.25) is 11.8 Å². The quantitative estimate of drug-likeness (QED) is 0.831. The number of rotatable bonds is 3. The molecule has 138 valence electrons. The van der Waals surface area contributed by atoms with Gasteiger partial charge in [0.1, 0.15) is 6.04 Å². The zero-order chi connectivity index (χ0) is 19.1. The fourth-order valence-electron chi connectivity index (χ4n) is 3.59. The van der Waals surface area contributed by atoms with Crippen LogP contribution < -0.4 is 5.32 Å². The second-order valence-corrected chi connectivity index (χ2v) is 8.14. The van der Waals surface area contributed by atoms with Crippen molar-refractivity contribution >= 4 is 29.5 Å². The summed E-state index contributed by atoms with van der Waals surface area (Å²) >= 11 is 1.65. The molecule has 0 aliphatic carbocycles. The molecular formula is C21H20N2O3S. The minimum atomic E-state index is -0.582. The lowest BCUT2D eigenvalue weighted by atomic mass is 10.0. The van der Waals surface area contributed by atoms with Crippen LogP contribution in [0, 0.1) is 13.8 Å². The summed E-state index contributed by atoms with van der Waals surface area (Å²) in [5, 5.41) is 2.34. The Morgan fingerprint density at radius 1 is 1.07 bits per heavy atom. The third kappa shape index (κ3) is 3.25. The van der Waals surface area contributed by atoms with Crippen LogP contribution in [0.1, 0.15) is 39.9 Å². The van der Waals surface area contributed by atoms with Crippen LogP contribution in [0.4, 0.5) is 0 Å². The standard InChI is InChI=1S/C21H20N2O3S/c1-12-6-7-13(2)18(10-12)27-17-5-3-4-14-15(17)11-23(21(14)26)16-8-9-19(24)22-20(16)25/h3-7,10,16H,8-9,11H2,1-2H3,(H,22,24,25). The van der Waals surface area contributed by atoms with E-state index in [4.69, 9.17) is 0 Å². The topological polar surface area (TPSA) is 66.5 Å². The Morgan fingerprint density at radius 2 is 1.89 bits per heavy atom. The highest BCUT2D eigenvalue weighted by Crippen LogP contribution is 2.38. The number of piperidine rings is 1. The molecule has 3 amide bonds. The minimum absolute atomic E-state index is 0.136. The van der Waals surface area contributed by atoms with Gasteiger partial charge in [-0.2, -0.15) is 0 Å². The Balaban J connectivity index is 1.64. The first-order chi connectivity index (χ1) is 12.9. The fourth-order valence-corrected chi connectivity index (χ4v) is 4.74. The first-order valence-electron chi connectivity index (χ1n) is 8.95. The SMILES string of the molecule is Cc1ccc(C)c(Sc2cccc3c2CN(C2CCC(=O)NC2=O)C3=O)c1. The molecule has 1 atom stereocenters. The summed E-state index contributed by atoms with van der Waals surface area (Å²) < 4.78 is 0. The second kappa shape index (κ2) is 6.85. The summed E-state index contributed by atoms with van der Waals surface area (Å²) in [6, 6.07) is 11.5. The molecule has 4 rings (SSSR count). The number of hydrogen-bond acceptors (Lipinski definition) is 4. The average Bonchev–Trinajstić information content (AvgIpc) is 2.96. The lowest BCUT2D eigenvalue weighted by molar-refractivity contribution is -0.136. The van der Waals surface area contributed by atoms with E-state index in [2.05, 4.69) is 37.4 Å². The lowest BCUT2D eigenvalue weighted by Crippen LogP contribution is -2.52. The number of benzene rings is 2. The third-order valence-electron chi connectivity index (χ3n) is 5.10. The van der Waals surface area contributed by atoms with Crippen LogP contribution in [0.2, 0.25) is 0 Å². The van der Waals surface area contributed by atoms with E-state index in [0.717, 1.165) is 15.4 Å². The summed E-state index contributed by atoms with van der Waals surface area (Å²) in [5.74, 6) is -0.786. The molecule has 2 aromatic rings. The van der Waals surface area contributed by atoms with E-state index in [1.54, 1.807) is 16.7 Å². The van der Waals surface area contributed by atoms with E-state index in [-0.39, 0.29) is 24.1 Å². The number of fused-ring (bicyclic) bond motifs is 1. The predicted octanol–water partition coefficient (Wildman–Crippen LogP) is 3.22. The predicted molar refractivity (Wildman–Crippen MR) is 103 cm³/mol. The molecular weight excluding hydrogens is 360 g/mol. The molecule has 0 saturated carbocycles. The molecule has 0 radical (unpaired) electrons. The maximum Gasteiger partial charge on any atom is 0.255 e. The van der Waals surface area contributed by atoms with Gasteiger partial charge >= 0.3 is 0 Å². The molecule has 2 aliphatic heterocycles. The molecule has 0 bridgehead atoms. The van der Waals surface area contributed by atoms with Crippen molar-refractivity contribution in [2.45, 2.75) is 49.1 Å². The van der Waals surface area contributed by atoms with Gasteiger partial charge in [-0.05, 0) is 55.2 Å². The van der Waals surface area contributed by atoms with Gasteiger partial charge in [-0.15, -0.1) is 0 Å². The smallest absolute Gasteiger partial charge is 0.255 e. The van der Waals surface area contributed by atoms with Crippen LogP contribution in [0.15, 0.2) is 46.2 Å². The Morgan fingerprint density at radius 3 is 2.67 bits per heavy atom. The van der Waals surface area contributed by atoms with Gasteiger partial charge in [-0.1, -0.05) is 30.0 Å². The van der Waals surface area contributed by atoms with Gasteiger partial charge in [0, 0.05) is 28.3 Å². The number of nitrogens with one attached hydrogen (secondary N) is 1. The van der Waals surface area contributed by atoms with Gasteiger partial charge in [-0.25, -0.2) is 0 Å². The maximum atomic E-state index is 12.9. The highest BCUT2D eigenvalue weighted by molar-refractivity contribution is 7.99. The Kier molecular flexibility index (Phi) is 4.52. The van der Waals surface area contributed by atoms with E-state index in [1.165, 1.54) is 11.1 Å². The molecule has 1 saturated heterocycles. The molecule has 5 nitrogen and oxygen atoms in total. The average molecular weight is 380 g/mol. The zero-order valence-corrected chi connectivity index (χ0v) is 16.1. The fraction of sp³-hybridized carbons (Fsp3) is 0.286. The van der Waals surface area contributed by atoms with Crippen LogP contribution in [-0.4, -0.2) is 28.7 Å². The molecule has 2 aromatic carbocycles. The Labute approximate surface area is 162 Å². The Bertz CT molecular complexity index is 970. The summed E-state index contributed by atoms with van der Waals surface area (Å²) in [6.07, 6.45) is 0.643. The molecule has 0 spiro atoms. The molecule has 2 aliphatic rings. The lowest BCUT2D eigenvalue weighted by Gasteiger charge is -2.29. The number of amides is 3. The molecule has 27 heavy (non-hydrogen) atoms. The van der Waals surface area contributed by atoms with Crippen molar-refractivity contribution in [2.24, 2.45) is 0 Å². The second-order valence-electron chi connectivity index (χ2n) is 7.05. The van der Waals surface area contributed by atoms with Crippen molar-refractivity contribution in [1.82, 2.24) is 10.2 Å². The van der Waals surface area contributed by atoms with Crippen LogP contribution in [0.3, 0.4) is 0 Å². The number of aryl methyl sites for hydroxylation is 2. The van der Waals surface area contributed by atoms with E-state index >= 15 is 0 Å². The highest BCUT2D eigenvalue weighted by Gasteiger charge is 2.39.